The lowest BCUT2D eigenvalue weighted by atomic mass is 9.84. The van der Waals surface area contributed by atoms with E-state index in [1.54, 1.807) is 0 Å². The molecule has 0 spiro atoms. The highest BCUT2D eigenvalue weighted by Crippen LogP contribution is 2.44. The third-order valence-electron chi connectivity index (χ3n) is 7.40. The van der Waals surface area contributed by atoms with Crippen molar-refractivity contribution < 1.29 is 0 Å². The largest absolute Gasteiger partial charge is 0.248 e. The Morgan fingerprint density at radius 2 is 1.35 bits per heavy atom. The van der Waals surface area contributed by atoms with Gasteiger partial charge in [-0.3, -0.25) is 0 Å². The Kier molecular flexibility index (Phi) is 4.96. The van der Waals surface area contributed by atoms with Gasteiger partial charge in [0.05, 0.1) is 11.2 Å². The topological polar surface area (TPSA) is 12.9 Å². The summed E-state index contributed by atoms with van der Waals surface area (Å²) in [7, 11) is 0. The summed E-state index contributed by atoms with van der Waals surface area (Å²) in [5.74, 6) is 0. The molecule has 0 aliphatic carbocycles. The minimum absolute atomic E-state index is 0.0291. The smallest absolute Gasteiger partial charge is 0.0730 e. The molecule has 7 rings (SSSR count). The zero-order chi connectivity index (χ0) is 25.1. The fourth-order valence-electron chi connectivity index (χ4n) is 5.44. The van der Waals surface area contributed by atoms with Gasteiger partial charge in [-0.25, -0.2) is 4.98 Å². The van der Waals surface area contributed by atoms with E-state index in [0.717, 1.165) is 11.2 Å². The van der Waals surface area contributed by atoms with E-state index in [9.17, 15) is 0 Å². The van der Waals surface area contributed by atoms with Crippen molar-refractivity contribution in [2.75, 3.05) is 0 Å². The van der Waals surface area contributed by atoms with Crippen LogP contribution in [0.15, 0.2) is 109 Å². The van der Waals surface area contributed by atoms with Crippen molar-refractivity contribution in [1.29, 1.82) is 0 Å². The van der Waals surface area contributed by atoms with Crippen LogP contribution in [-0.2, 0) is 5.41 Å². The number of thiophene rings is 1. The van der Waals surface area contributed by atoms with E-state index >= 15 is 0 Å². The van der Waals surface area contributed by atoms with Gasteiger partial charge in [-0.05, 0) is 63.2 Å². The summed E-state index contributed by atoms with van der Waals surface area (Å²) in [6, 6.07) is 39.6. The zero-order valence-corrected chi connectivity index (χ0v) is 22.1. The second-order valence-corrected chi connectivity index (χ2v) is 11.9. The molecule has 0 radical (unpaired) electrons. The molecular formula is C35H27NS. The molecule has 0 N–H and O–H groups in total. The van der Waals surface area contributed by atoms with Crippen molar-refractivity contribution in [2.24, 2.45) is 0 Å². The number of aromatic nitrogens is 1. The number of hydrogen-bond acceptors (Lipinski definition) is 2. The summed E-state index contributed by atoms with van der Waals surface area (Å²) in [6.45, 7) is 6.88. The first-order chi connectivity index (χ1) is 18.0. The first kappa shape index (κ1) is 22.2. The van der Waals surface area contributed by atoms with Crippen molar-refractivity contribution in [3.63, 3.8) is 0 Å². The van der Waals surface area contributed by atoms with Crippen LogP contribution >= 0.6 is 11.3 Å². The number of benzene rings is 5. The molecule has 178 valence electrons. The van der Waals surface area contributed by atoms with Gasteiger partial charge in [-0.2, -0.15) is 0 Å². The summed E-state index contributed by atoms with van der Waals surface area (Å²) in [5, 5.41) is 6.35. The van der Waals surface area contributed by atoms with Crippen LogP contribution in [0.25, 0.3) is 64.2 Å². The lowest BCUT2D eigenvalue weighted by Gasteiger charge is -2.21. The van der Waals surface area contributed by atoms with Gasteiger partial charge in [0, 0.05) is 31.1 Å². The van der Waals surface area contributed by atoms with E-state index in [1.165, 1.54) is 58.6 Å². The Bertz CT molecular complexity index is 1960. The lowest BCUT2D eigenvalue weighted by Crippen LogP contribution is -2.11. The van der Waals surface area contributed by atoms with Gasteiger partial charge < -0.3 is 0 Å². The fourth-order valence-corrected chi connectivity index (χ4v) is 6.65. The Morgan fingerprint density at radius 3 is 2.16 bits per heavy atom. The summed E-state index contributed by atoms with van der Waals surface area (Å²) >= 11 is 1.87. The monoisotopic (exact) mass is 493 g/mol. The van der Waals surface area contributed by atoms with Gasteiger partial charge in [0.1, 0.15) is 0 Å². The lowest BCUT2D eigenvalue weighted by molar-refractivity contribution is 0.591. The van der Waals surface area contributed by atoms with Crippen LogP contribution in [0.3, 0.4) is 0 Å². The van der Waals surface area contributed by atoms with E-state index in [0.29, 0.717) is 0 Å². The molecule has 37 heavy (non-hydrogen) atoms. The maximum absolute atomic E-state index is 5.33. The van der Waals surface area contributed by atoms with Gasteiger partial charge >= 0.3 is 0 Å². The molecule has 0 aliphatic heterocycles. The number of fused-ring (bicyclic) bond motifs is 6. The van der Waals surface area contributed by atoms with Gasteiger partial charge in [-0.15, -0.1) is 11.3 Å². The maximum atomic E-state index is 5.33. The van der Waals surface area contributed by atoms with Crippen LogP contribution in [0, 0.1) is 0 Å². The Balaban J connectivity index is 1.62. The second kappa shape index (κ2) is 8.26. The minimum atomic E-state index is 0.0291. The van der Waals surface area contributed by atoms with Gasteiger partial charge in [0.15, 0.2) is 0 Å². The SMILES string of the molecule is CC(C)(C)c1cc(-c2cc(-c3ccccc3)c3c(ccc4ccccc43)n2)c2sc3ccccc3c2c1. The van der Waals surface area contributed by atoms with Crippen LogP contribution in [0.5, 0.6) is 0 Å². The molecule has 0 amide bonds. The third kappa shape index (κ3) is 3.63. The standard InChI is InChI=1S/C35H27NS/c1-35(2,3)24-19-28-26-15-9-10-16-32(26)37-34(28)29(20-24)31-21-27(22-11-5-4-6-12-22)33-25-14-8-7-13-23(25)17-18-30(33)36-31/h4-21H,1-3H3. The van der Waals surface area contributed by atoms with Gasteiger partial charge in [-0.1, -0.05) is 99.6 Å². The quantitative estimate of drug-likeness (QED) is 0.218. The molecule has 0 saturated heterocycles. The molecule has 1 nitrogen and oxygen atoms in total. The first-order valence-electron chi connectivity index (χ1n) is 12.8. The van der Waals surface area contributed by atoms with Crippen molar-refractivity contribution >= 4 is 53.2 Å². The van der Waals surface area contributed by atoms with Crippen molar-refractivity contribution in [3.05, 3.63) is 115 Å². The number of pyridine rings is 1. The minimum Gasteiger partial charge on any atom is -0.248 e. The van der Waals surface area contributed by atoms with E-state index < -0.39 is 0 Å². The molecule has 2 heterocycles. The molecule has 0 unspecified atom stereocenters. The van der Waals surface area contributed by atoms with Crippen LogP contribution in [0.4, 0.5) is 0 Å². The molecule has 0 atom stereocenters. The van der Waals surface area contributed by atoms with Gasteiger partial charge in [0.25, 0.3) is 0 Å². The molecule has 5 aromatic carbocycles. The van der Waals surface area contributed by atoms with Crippen molar-refractivity contribution in [2.45, 2.75) is 26.2 Å². The highest BCUT2D eigenvalue weighted by atomic mass is 32.1. The van der Waals surface area contributed by atoms with E-state index in [4.69, 9.17) is 4.98 Å². The average Bonchev–Trinajstić information content (AvgIpc) is 3.30. The molecule has 2 heteroatoms. The Labute approximate surface area is 221 Å². The molecule has 0 fully saturated rings. The number of rotatable bonds is 2. The number of hydrogen-bond donors (Lipinski definition) is 0. The van der Waals surface area contributed by atoms with Crippen molar-refractivity contribution in [1.82, 2.24) is 4.98 Å². The van der Waals surface area contributed by atoms with Crippen LogP contribution in [0.1, 0.15) is 26.3 Å². The average molecular weight is 494 g/mol. The predicted molar refractivity (Wildman–Crippen MR) is 162 cm³/mol. The van der Waals surface area contributed by atoms with Crippen LogP contribution in [0.2, 0.25) is 0 Å². The highest BCUT2D eigenvalue weighted by Gasteiger charge is 2.21. The maximum Gasteiger partial charge on any atom is 0.0730 e. The Morgan fingerprint density at radius 1 is 0.622 bits per heavy atom. The van der Waals surface area contributed by atoms with Crippen LogP contribution < -0.4 is 0 Å². The molecular weight excluding hydrogens is 466 g/mol. The van der Waals surface area contributed by atoms with Crippen LogP contribution in [-0.4, -0.2) is 4.98 Å². The normalized spacial score (nSPS) is 12.2. The highest BCUT2D eigenvalue weighted by molar-refractivity contribution is 7.26. The summed E-state index contributed by atoms with van der Waals surface area (Å²) in [5.41, 5.74) is 7.09. The molecule has 2 aromatic heterocycles. The van der Waals surface area contributed by atoms with E-state index in [2.05, 4.69) is 130 Å². The molecule has 7 aromatic rings. The van der Waals surface area contributed by atoms with E-state index in [1.807, 2.05) is 11.3 Å². The first-order valence-corrected chi connectivity index (χ1v) is 13.6. The third-order valence-corrected chi connectivity index (χ3v) is 8.62. The van der Waals surface area contributed by atoms with Gasteiger partial charge in [0.2, 0.25) is 0 Å². The van der Waals surface area contributed by atoms with E-state index in [-0.39, 0.29) is 5.41 Å². The molecule has 0 bridgehead atoms. The fraction of sp³-hybridized carbons (Fsp3) is 0.114. The summed E-state index contributed by atoms with van der Waals surface area (Å²) in [6.07, 6.45) is 0. The molecule has 0 aliphatic rings. The summed E-state index contributed by atoms with van der Waals surface area (Å²) < 4.78 is 2.63. The second-order valence-electron chi connectivity index (χ2n) is 10.9. The molecule has 0 saturated carbocycles. The predicted octanol–water partition coefficient (Wildman–Crippen LogP) is 10.4. The summed E-state index contributed by atoms with van der Waals surface area (Å²) in [4.78, 5) is 5.33. The zero-order valence-electron chi connectivity index (χ0n) is 21.2. The number of nitrogens with zero attached hydrogens (tertiary/aromatic N) is 1. The Hall–Kier alpha value is -4.01. The van der Waals surface area contributed by atoms with Crippen molar-refractivity contribution in [3.8, 4) is 22.4 Å².